The van der Waals surface area contributed by atoms with Gasteiger partial charge in [0.15, 0.2) is 0 Å². The van der Waals surface area contributed by atoms with Crippen molar-refractivity contribution in [1.29, 1.82) is 0 Å². The molecular weight excluding hydrogens is 264 g/mol. The summed E-state index contributed by atoms with van der Waals surface area (Å²) < 4.78 is 0. The molecule has 2 atom stereocenters. The number of hydrogen-bond acceptors (Lipinski definition) is 3. The average Bonchev–Trinajstić information content (AvgIpc) is 2.90. The molecule has 0 spiro atoms. The monoisotopic (exact) mass is 292 g/mol. The van der Waals surface area contributed by atoms with Gasteiger partial charge >= 0.3 is 0 Å². The summed E-state index contributed by atoms with van der Waals surface area (Å²) in [6.07, 6.45) is 5.70. The van der Waals surface area contributed by atoms with Crippen molar-refractivity contribution in [2.45, 2.75) is 45.6 Å². The fraction of sp³-hybridized carbons (Fsp3) is 0.765. The Morgan fingerprint density at radius 3 is 2.80 bits per heavy atom. The van der Waals surface area contributed by atoms with Gasteiger partial charge in [0, 0.05) is 30.2 Å². The maximum absolute atomic E-state index is 3.86. The predicted octanol–water partition coefficient (Wildman–Crippen LogP) is 3.99. The summed E-state index contributed by atoms with van der Waals surface area (Å²) in [5, 5.41) is 8.36. The van der Waals surface area contributed by atoms with Crippen LogP contribution in [0.2, 0.25) is 0 Å². The maximum atomic E-state index is 3.86. The number of nitrogens with zero attached hydrogens (tertiary/aromatic N) is 1. The topological polar surface area (TPSA) is 15.3 Å². The van der Waals surface area contributed by atoms with E-state index in [-0.39, 0.29) is 0 Å². The van der Waals surface area contributed by atoms with Gasteiger partial charge in [-0.25, -0.2) is 0 Å². The van der Waals surface area contributed by atoms with Crippen molar-refractivity contribution in [3.8, 4) is 0 Å². The molecule has 2 unspecified atom stereocenters. The Morgan fingerprint density at radius 1 is 1.35 bits per heavy atom. The molecule has 1 aromatic rings. The minimum absolute atomic E-state index is 0.677. The highest BCUT2D eigenvalue weighted by Crippen LogP contribution is 2.30. The lowest BCUT2D eigenvalue weighted by atomic mass is 9.83. The van der Waals surface area contributed by atoms with Crippen LogP contribution >= 0.6 is 11.3 Å². The van der Waals surface area contributed by atoms with E-state index in [0.717, 1.165) is 17.8 Å². The highest BCUT2D eigenvalue weighted by atomic mass is 32.1. The molecule has 2 fully saturated rings. The van der Waals surface area contributed by atoms with Crippen LogP contribution in [0, 0.1) is 17.8 Å². The number of rotatable bonds is 5. The molecule has 1 saturated heterocycles. The lowest BCUT2D eigenvalue weighted by molar-refractivity contribution is 0.241. The first-order chi connectivity index (χ1) is 9.72. The number of hydrogen-bond donors (Lipinski definition) is 1. The second kappa shape index (κ2) is 6.48. The van der Waals surface area contributed by atoms with E-state index >= 15 is 0 Å². The second-order valence-corrected chi connectivity index (χ2v) is 7.81. The fourth-order valence-electron chi connectivity index (χ4n) is 3.45. The highest BCUT2D eigenvalue weighted by molar-refractivity contribution is 7.08. The van der Waals surface area contributed by atoms with E-state index in [9.17, 15) is 0 Å². The van der Waals surface area contributed by atoms with Gasteiger partial charge in [-0.1, -0.05) is 20.3 Å². The molecular formula is C17H28N2S. The van der Waals surface area contributed by atoms with Gasteiger partial charge in [0.1, 0.15) is 0 Å². The van der Waals surface area contributed by atoms with Crippen LogP contribution in [0.3, 0.4) is 0 Å². The molecule has 112 valence electrons. The molecule has 1 aromatic heterocycles. The number of nitrogens with one attached hydrogen (secondary N) is 1. The Bertz CT molecular complexity index is 397. The van der Waals surface area contributed by atoms with E-state index in [0.29, 0.717) is 6.04 Å². The van der Waals surface area contributed by atoms with E-state index in [1.807, 2.05) is 11.3 Å². The Labute approximate surface area is 127 Å². The number of thiophene rings is 1. The minimum Gasteiger partial charge on any atom is -0.369 e. The smallest absolute Gasteiger partial charge is 0.0475 e. The van der Waals surface area contributed by atoms with Crippen LogP contribution in [0.15, 0.2) is 16.8 Å². The Hall–Kier alpha value is -0.540. The van der Waals surface area contributed by atoms with Gasteiger partial charge in [-0.05, 0) is 55.0 Å². The zero-order valence-corrected chi connectivity index (χ0v) is 13.7. The molecule has 3 rings (SSSR count). The van der Waals surface area contributed by atoms with Crippen LogP contribution in [-0.2, 0) is 0 Å². The lowest BCUT2D eigenvalue weighted by Crippen LogP contribution is -2.51. The molecule has 1 aliphatic heterocycles. The van der Waals surface area contributed by atoms with Crippen LogP contribution < -0.4 is 10.2 Å². The molecule has 1 aliphatic carbocycles. The van der Waals surface area contributed by atoms with E-state index < -0.39 is 0 Å². The number of piperidine rings is 1. The van der Waals surface area contributed by atoms with Crippen molar-refractivity contribution in [2.24, 2.45) is 17.8 Å². The van der Waals surface area contributed by atoms with Gasteiger partial charge in [-0.3, -0.25) is 0 Å². The molecule has 20 heavy (non-hydrogen) atoms. The van der Waals surface area contributed by atoms with E-state index in [1.165, 1.54) is 51.0 Å². The molecule has 1 N–H and O–H groups in total. The Kier molecular flexibility index (Phi) is 4.67. The minimum atomic E-state index is 0.677. The van der Waals surface area contributed by atoms with Crippen molar-refractivity contribution in [3.05, 3.63) is 16.8 Å². The van der Waals surface area contributed by atoms with Crippen LogP contribution in [0.25, 0.3) is 0 Å². The zero-order chi connectivity index (χ0) is 13.9. The molecule has 2 aliphatic rings. The van der Waals surface area contributed by atoms with Gasteiger partial charge in [0.2, 0.25) is 0 Å². The third-order valence-electron chi connectivity index (χ3n) is 5.22. The van der Waals surface area contributed by atoms with Crippen molar-refractivity contribution in [1.82, 2.24) is 5.32 Å². The van der Waals surface area contributed by atoms with Gasteiger partial charge in [0.05, 0.1) is 0 Å². The van der Waals surface area contributed by atoms with Gasteiger partial charge in [-0.2, -0.15) is 11.3 Å². The van der Waals surface area contributed by atoms with Gasteiger partial charge in [-0.15, -0.1) is 0 Å². The molecule has 2 heterocycles. The van der Waals surface area contributed by atoms with Gasteiger partial charge in [0.25, 0.3) is 0 Å². The quantitative estimate of drug-likeness (QED) is 0.883. The molecule has 2 nitrogen and oxygen atoms in total. The molecule has 0 bridgehead atoms. The second-order valence-electron chi connectivity index (χ2n) is 7.03. The first-order valence-corrected chi connectivity index (χ1v) is 9.17. The van der Waals surface area contributed by atoms with Gasteiger partial charge < -0.3 is 10.2 Å². The summed E-state index contributed by atoms with van der Waals surface area (Å²) in [7, 11) is 0. The van der Waals surface area contributed by atoms with Crippen molar-refractivity contribution in [3.63, 3.8) is 0 Å². The standard InChI is InChI=1S/C17H28N2S/c1-13(2)15-8-16(18-9-14-4-3-5-14)11-19(10-15)17-6-7-20-12-17/h6-7,12-16,18H,3-5,8-11H2,1-2H3. The molecule has 0 amide bonds. The summed E-state index contributed by atoms with van der Waals surface area (Å²) in [6, 6.07) is 2.95. The maximum Gasteiger partial charge on any atom is 0.0475 e. The van der Waals surface area contributed by atoms with E-state index in [4.69, 9.17) is 0 Å². The lowest BCUT2D eigenvalue weighted by Gasteiger charge is -2.41. The van der Waals surface area contributed by atoms with Crippen LogP contribution in [0.5, 0.6) is 0 Å². The van der Waals surface area contributed by atoms with Crippen LogP contribution in [0.1, 0.15) is 39.5 Å². The third-order valence-corrected chi connectivity index (χ3v) is 5.89. The fourth-order valence-corrected chi connectivity index (χ4v) is 4.11. The highest BCUT2D eigenvalue weighted by Gasteiger charge is 2.30. The van der Waals surface area contributed by atoms with E-state index in [2.05, 4.69) is 40.9 Å². The summed E-state index contributed by atoms with van der Waals surface area (Å²) in [5.41, 5.74) is 1.43. The Morgan fingerprint density at radius 2 is 2.20 bits per heavy atom. The summed E-state index contributed by atoms with van der Waals surface area (Å²) in [6.45, 7) is 8.42. The predicted molar refractivity (Wildman–Crippen MR) is 88.6 cm³/mol. The average molecular weight is 292 g/mol. The molecule has 1 saturated carbocycles. The summed E-state index contributed by atoms with van der Waals surface area (Å²) in [4.78, 5) is 2.60. The first kappa shape index (κ1) is 14.4. The normalized spacial score (nSPS) is 27.9. The van der Waals surface area contributed by atoms with Crippen molar-refractivity contribution >= 4 is 17.0 Å². The van der Waals surface area contributed by atoms with E-state index in [1.54, 1.807) is 0 Å². The largest absolute Gasteiger partial charge is 0.369 e. The van der Waals surface area contributed by atoms with Crippen LogP contribution in [0.4, 0.5) is 5.69 Å². The Balaban J connectivity index is 1.60. The molecule has 3 heteroatoms. The SMILES string of the molecule is CC(C)C1CC(NCC2CCC2)CN(c2ccsc2)C1. The molecule has 0 radical (unpaired) electrons. The van der Waals surface area contributed by atoms with Crippen LogP contribution in [-0.4, -0.2) is 25.7 Å². The zero-order valence-electron chi connectivity index (χ0n) is 12.8. The summed E-state index contributed by atoms with van der Waals surface area (Å²) >= 11 is 1.81. The van der Waals surface area contributed by atoms with Crippen molar-refractivity contribution in [2.75, 3.05) is 24.5 Å². The first-order valence-electron chi connectivity index (χ1n) is 8.23. The third kappa shape index (κ3) is 3.37. The van der Waals surface area contributed by atoms with Crippen molar-refractivity contribution < 1.29 is 0 Å². The summed E-state index contributed by atoms with van der Waals surface area (Å²) in [5.74, 6) is 2.57. The molecule has 0 aromatic carbocycles. The number of anilines is 1.